The van der Waals surface area contributed by atoms with Gasteiger partial charge < -0.3 is 10.6 Å². The first-order valence-corrected chi connectivity index (χ1v) is 9.26. The molecule has 5 rings (SSSR count). The Kier molecular flexibility index (Phi) is 3.41. The molecule has 1 aromatic heterocycles. The maximum absolute atomic E-state index is 13.1. The quantitative estimate of drug-likeness (QED) is 0.524. The smallest absolute Gasteiger partial charge is 0.196 e. The lowest BCUT2D eigenvalue weighted by Gasteiger charge is -2.31. The van der Waals surface area contributed by atoms with Crippen molar-refractivity contribution in [2.45, 2.75) is 19.3 Å². The van der Waals surface area contributed by atoms with E-state index in [2.05, 4.69) is 11.0 Å². The molecule has 5 heteroatoms. The second-order valence-electron chi connectivity index (χ2n) is 7.14. The third-order valence-electron chi connectivity index (χ3n) is 5.60. The van der Waals surface area contributed by atoms with E-state index in [9.17, 15) is 10.1 Å². The number of carbonyl (C=O) groups excluding carboxylic acids is 1. The lowest BCUT2D eigenvalue weighted by atomic mass is 9.81. The molecule has 0 unspecified atom stereocenters. The van der Waals surface area contributed by atoms with Crippen molar-refractivity contribution in [3.05, 3.63) is 53.1 Å². The number of ketones is 1. The molecule has 132 valence electrons. The van der Waals surface area contributed by atoms with E-state index in [0.29, 0.717) is 27.8 Å². The summed E-state index contributed by atoms with van der Waals surface area (Å²) in [7, 11) is 0. The topological polar surface area (TPSA) is 83.0 Å². The maximum atomic E-state index is 13.1. The number of rotatable bonds is 1. The van der Waals surface area contributed by atoms with Crippen molar-refractivity contribution >= 4 is 28.2 Å². The number of benzene rings is 2. The zero-order valence-electron chi connectivity index (χ0n) is 14.8. The number of hydrogen-bond acceptors (Lipinski definition) is 5. The van der Waals surface area contributed by atoms with Crippen molar-refractivity contribution < 1.29 is 4.79 Å². The molecule has 1 saturated heterocycles. The van der Waals surface area contributed by atoms with Crippen LogP contribution >= 0.6 is 0 Å². The number of carbonyl (C=O) groups is 1. The first-order chi connectivity index (χ1) is 13.2. The van der Waals surface area contributed by atoms with Gasteiger partial charge in [0.15, 0.2) is 5.78 Å². The Bertz CT molecular complexity index is 1150. The molecule has 2 N–H and O–H groups in total. The molecule has 0 atom stereocenters. The molecule has 2 aliphatic rings. The van der Waals surface area contributed by atoms with Gasteiger partial charge in [0.05, 0.1) is 11.1 Å². The van der Waals surface area contributed by atoms with E-state index in [1.54, 1.807) is 12.1 Å². The van der Waals surface area contributed by atoms with Gasteiger partial charge in [-0.15, -0.1) is 0 Å². The van der Waals surface area contributed by atoms with E-state index in [1.807, 2.05) is 24.3 Å². The van der Waals surface area contributed by atoms with E-state index >= 15 is 0 Å². The Balaban J connectivity index is 1.94. The predicted molar refractivity (Wildman–Crippen MR) is 106 cm³/mol. The molecular weight excluding hydrogens is 336 g/mol. The second-order valence-corrected chi connectivity index (χ2v) is 7.14. The molecule has 0 bridgehead atoms. The van der Waals surface area contributed by atoms with E-state index in [4.69, 9.17) is 10.7 Å². The SMILES string of the molecule is N#Cc1c(N2CCCCC2)nc2ccc(N)c3c2c1-c1ccccc1C3=O. The molecule has 5 nitrogen and oxygen atoms in total. The van der Waals surface area contributed by atoms with Crippen LogP contribution in [0.15, 0.2) is 36.4 Å². The van der Waals surface area contributed by atoms with Gasteiger partial charge in [-0.2, -0.15) is 5.26 Å². The van der Waals surface area contributed by atoms with Crippen LogP contribution in [0.4, 0.5) is 11.5 Å². The minimum atomic E-state index is -0.0994. The number of nitrogens with zero attached hydrogens (tertiary/aromatic N) is 3. The normalized spacial score (nSPS) is 15.5. The van der Waals surface area contributed by atoms with Crippen molar-refractivity contribution in [2.75, 3.05) is 23.7 Å². The van der Waals surface area contributed by atoms with E-state index in [1.165, 1.54) is 6.42 Å². The Labute approximate surface area is 157 Å². The molecule has 1 fully saturated rings. The number of fused-ring (bicyclic) bond motifs is 2. The fourth-order valence-electron chi connectivity index (χ4n) is 4.35. The summed E-state index contributed by atoms with van der Waals surface area (Å²) < 4.78 is 0. The summed E-state index contributed by atoms with van der Waals surface area (Å²) in [6.45, 7) is 1.80. The van der Waals surface area contributed by atoms with Crippen molar-refractivity contribution in [1.29, 1.82) is 5.26 Å². The number of nitrogens with two attached hydrogens (primary N) is 1. The summed E-state index contributed by atoms with van der Waals surface area (Å²) >= 11 is 0. The highest BCUT2D eigenvalue weighted by molar-refractivity contribution is 6.28. The molecule has 0 saturated carbocycles. The Morgan fingerprint density at radius 1 is 1.00 bits per heavy atom. The lowest BCUT2D eigenvalue weighted by Crippen LogP contribution is -2.31. The molecule has 0 spiro atoms. The van der Waals surface area contributed by atoms with Crippen LogP contribution in [0.25, 0.3) is 22.0 Å². The molecule has 3 aromatic rings. The predicted octanol–water partition coefficient (Wildman–Crippen LogP) is 3.89. The molecule has 0 amide bonds. The highest BCUT2D eigenvalue weighted by atomic mass is 16.1. The van der Waals surface area contributed by atoms with Gasteiger partial charge in [0.1, 0.15) is 17.5 Å². The van der Waals surface area contributed by atoms with Gasteiger partial charge in [0, 0.05) is 35.3 Å². The van der Waals surface area contributed by atoms with Crippen LogP contribution in [0.2, 0.25) is 0 Å². The van der Waals surface area contributed by atoms with Crippen LogP contribution in [-0.2, 0) is 0 Å². The van der Waals surface area contributed by atoms with Crippen LogP contribution in [0.1, 0.15) is 40.7 Å². The van der Waals surface area contributed by atoms with Gasteiger partial charge in [-0.3, -0.25) is 4.79 Å². The van der Waals surface area contributed by atoms with E-state index in [-0.39, 0.29) is 5.78 Å². The number of aromatic nitrogens is 1. The van der Waals surface area contributed by atoms with Crippen molar-refractivity contribution in [1.82, 2.24) is 4.98 Å². The molecular formula is C22H18N4O. The number of hydrogen-bond donors (Lipinski definition) is 1. The van der Waals surface area contributed by atoms with Gasteiger partial charge in [0.25, 0.3) is 0 Å². The zero-order chi connectivity index (χ0) is 18.5. The van der Waals surface area contributed by atoms with Crippen molar-refractivity contribution in [2.24, 2.45) is 0 Å². The summed E-state index contributed by atoms with van der Waals surface area (Å²) in [6.07, 6.45) is 3.40. The summed E-state index contributed by atoms with van der Waals surface area (Å²) in [4.78, 5) is 20.1. The van der Waals surface area contributed by atoms with Crippen LogP contribution in [0.5, 0.6) is 0 Å². The van der Waals surface area contributed by atoms with Crippen molar-refractivity contribution in [3.8, 4) is 17.2 Å². The van der Waals surface area contributed by atoms with Crippen LogP contribution < -0.4 is 10.6 Å². The zero-order valence-corrected chi connectivity index (χ0v) is 14.8. The van der Waals surface area contributed by atoms with Crippen molar-refractivity contribution in [3.63, 3.8) is 0 Å². The van der Waals surface area contributed by atoms with E-state index in [0.717, 1.165) is 48.4 Å². The fraction of sp³-hybridized carbons (Fsp3) is 0.227. The largest absolute Gasteiger partial charge is 0.398 e. The Morgan fingerprint density at radius 2 is 1.74 bits per heavy atom. The minimum Gasteiger partial charge on any atom is -0.398 e. The molecule has 1 aliphatic carbocycles. The third-order valence-corrected chi connectivity index (χ3v) is 5.60. The molecule has 2 aromatic carbocycles. The first kappa shape index (κ1) is 15.8. The fourth-order valence-corrected chi connectivity index (χ4v) is 4.35. The number of anilines is 2. The van der Waals surface area contributed by atoms with Gasteiger partial charge in [-0.25, -0.2) is 4.98 Å². The Morgan fingerprint density at radius 3 is 2.48 bits per heavy atom. The van der Waals surface area contributed by atoms with Crippen LogP contribution in [-0.4, -0.2) is 23.9 Å². The molecule has 1 aliphatic heterocycles. The second kappa shape index (κ2) is 5.82. The molecule has 0 radical (unpaired) electrons. The summed E-state index contributed by atoms with van der Waals surface area (Å²) in [5.41, 5.74) is 10.5. The average Bonchev–Trinajstić information content (AvgIpc) is 2.72. The lowest BCUT2D eigenvalue weighted by molar-refractivity contribution is 0.104. The summed E-state index contributed by atoms with van der Waals surface area (Å²) in [5.74, 6) is 0.622. The third kappa shape index (κ3) is 2.16. The summed E-state index contributed by atoms with van der Waals surface area (Å²) in [6, 6.07) is 13.4. The highest BCUT2D eigenvalue weighted by Crippen LogP contribution is 2.45. The number of piperidine rings is 1. The minimum absolute atomic E-state index is 0.0994. The van der Waals surface area contributed by atoms with Gasteiger partial charge in [-0.1, -0.05) is 24.3 Å². The van der Waals surface area contributed by atoms with E-state index < -0.39 is 0 Å². The monoisotopic (exact) mass is 354 g/mol. The standard InChI is InChI=1S/C22H18N4O/c23-12-15-18-13-6-2-3-7-14(13)21(27)19-16(24)8-9-17(20(18)19)25-22(15)26-10-4-1-5-11-26/h2-3,6-9H,1,4-5,10-11,24H2. The van der Waals surface area contributed by atoms with Crippen LogP contribution in [0.3, 0.4) is 0 Å². The number of nitriles is 1. The summed E-state index contributed by atoms with van der Waals surface area (Å²) in [5, 5.41) is 10.8. The van der Waals surface area contributed by atoms with Gasteiger partial charge in [-0.05, 0) is 37.0 Å². The first-order valence-electron chi connectivity index (χ1n) is 9.26. The maximum Gasteiger partial charge on any atom is 0.196 e. The van der Waals surface area contributed by atoms with Crippen LogP contribution in [0, 0.1) is 11.3 Å². The average molecular weight is 354 g/mol. The Hall–Kier alpha value is -3.39. The highest BCUT2D eigenvalue weighted by Gasteiger charge is 2.32. The molecule has 2 heterocycles. The van der Waals surface area contributed by atoms with Gasteiger partial charge >= 0.3 is 0 Å². The number of pyridine rings is 1. The molecule has 27 heavy (non-hydrogen) atoms. The number of nitrogen functional groups attached to an aromatic ring is 1. The van der Waals surface area contributed by atoms with Gasteiger partial charge in [0.2, 0.25) is 0 Å².